The fourth-order valence-corrected chi connectivity index (χ4v) is 3.96. The fourth-order valence-electron chi connectivity index (χ4n) is 3.96. The van der Waals surface area contributed by atoms with E-state index < -0.39 is 0 Å². The third-order valence-corrected chi connectivity index (χ3v) is 5.58. The smallest absolute Gasteiger partial charge is 0.317 e. The first-order valence-electron chi connectivity index (χ1n) is 9.86. The van der Waals surface area contributed by atoms with Crippen LogP contribution in [-0.4, -0.2) is 60.1 Å². The number of likely N-dealkylation sites (tertiary alicyclic amines) is 2. The molecule has 2 saturated heterocycles. The van der Waals surface area contributed by atoms with Crippen LogP contribution in [0.15, 0.2) is 24.4 Å². The molecule has 2 aliphatic heterocycles. The van der Waals surface area contributed by atoms with Crippen molar-refractivity contribution in [3.8, 4) is 0 Å². The van der Waals surface area contributed by atoms with Crippen molar-refractivity contribution >= 4 is 6.03 Å². The molecule has 1 aromatic heterocycles. The molecule has 1 aromatic rings. The van der Waals surface area contributed by atoms with Gasteiger partial charge in [-0.15, -0.1) is 0 Å². The Morgan fingerprint density at radius 3 is 2.84 bits per heavy atom. The highest BCUT2D eigenvalue weighted by Gasteiger charge is 2.26. The summed E-state index contributed by atoms with van der Waals surface area (Å²) in [4.78, 5) is 21.4. The average molecular weight is 345 g/mol. The first kappa shape index (κ1) is 18.2. The van der Waals surface area contributed by atoms with E-state index in [4.69, 9.17) is 0 Å². The lowest BCUT2D eigenvalue weighted by Gasteiger charge is -2.37. The minimum atomic E-state index is 0.0906. The summed E-state index contributed by atoms with van der Waals surface area (Å²) in [7, 11) is 0. The minimum absolute atomic E-state index is 0.0906. The lowest BCUT2D eigenvalue weighted by atomic mass is 9.94. The molecule has 5 heteroatoms. The molecule has 1 N–H and O–H groups in total. The van der Waals surface area contributed by atoms with Crippen LogP contribution in [-0.2, 0) is 6.42 Å². The average Bonchev–Trinajstić information content (AvgIpc) is 2.65. The van der Waals surface area contributed by atoms with E-state index >= 15 is 0 Å². The van der Waals surface area contributed by atoms with Gasteiger partial charge in [-0.25, -0.2) is 4.79 Å². The van der Waals surface area contributed by atoms with Gasteiger partial charge in [-0.05, 0) is 62.7 Å². The highest BCUT2D eigenvalue weighted by molar-refractivity contribution is 5.74. The van der Waals surface area contributed by atoms with E-state index in [1.807, 2.05) is 23.1 Å². The molecule has 5 nitrogen and oxygen atoms in total. The fraction of sp³-hybridized carbons (Fsp3) is 0.700. The Kier molecular flexibility index (Phi) is 6.68. The molecule has 0 spiro atoms. The van der Waals surface area contributed by atoms with Crippen LogP contribution in [0, 0.1) is 11.8 Å². The minimum Gasteiger partial charge on any atom is -0.338 e. The number of hydrogen-bond donors (Lipinski definition) is 1. The second-order valence-electron chi connectivity index (χ2n) is 7.74. The Morgan fingerprint density at radius 2 is 2.08 bits per heavy atom. The van der Waals surface area contributed by atoms with E-state index in [1.165, 1.54) is 32.4 Å². The molecule has 0 bridgehead atoms. The Bertz CT molecular complexity index is 528. The lowest BCUT2D eigenvalue weighted by molar-refractivity contribution is 0.120. The quantitative estimate of drug-likeness (QED) is 0.893. The first-order chi connectivity index (χ1) is 12.2. The van der Waals surface area contributed by atoms with Gasteiger partial charge in [0.1, 0.15) is 0 Å². The predicted molar refractivity (Wildman–Crippen MR) is 100 cm³/mol. The van der Waals surface area contributed by atoms with Crippen molar-refractivity contribution in [2.45, 2.75) is 39.0 Å². The Labute approximate surface area is 151 Å². The molecule has 1 atom stereocenters. The van der Waals surface area contributed by atoms with Crippen molar-refractivity contribution in [2.24, 2.45) is 11.8 Å². The summed E-state index contributed by atoms with van der Waals surface area (Å²) in [5, 5.41) is 3.06. The van der Waals surface area contributed by atoms with Gasteiger partial charge in [-0.3, -0.25) is 4.98 Å². The van der Waals surface area contributed by atoms with E-state index in [0.717, 1.165) is 44.1 Å². The molecule has 2 amide bonds. The molecule has 25 heavy (non-hydrogen) atoms. The second kappa shape index (κ2) is 9.18. The zero-order chi connectivity index (χ0) is 17.5. The predicted octanol–water partition coefficient (Wildman–Crippen LogP) is 2.78. The van der Waals surface area contributed by atoms with Gasteiger partial charge in [-0.1, -0.05) is 13.0 Å². The van der Waals surface area contributed by atoms with Gasteiger partial charge in [0.25, 0.3) is 0 Å². The van der Waals surface area contributed by atoms with Crippen LogP contribution in [0.1, 0.15) is 38.3 Å². The van der Waals surface area contributed by atoms with Crippen molar-refractivity contribution in [1.29, 1.82) is 0 Å². The van der Waals surface area contributed by atoms with Crippen molar-refractivity contribution in [2.75, 3.05) is 39.3 Å². The normalized spacial score (nSPS) is 22.8. The number of rotatable bonds is 5. The molecule has 0 saturated carbocycles. The third-order valence-electron chi connectivity index (χ3n) is 5.58. The molecular formula is C20H32N4O. The summed E-state index contributed by atoms with van der Waals surface area (Å²) < 4.78 is 0. The molecule has 0 radical (unpaired) electrons. The molecule has 0 unspecified atom stereocenters. The molecule has 0 aromatic carbocycles. The number of pyridine rings is 1. The van der Waals surface area contributed by atoms with Crippen LogP contribution < -0.4 is 5.32 Å². The number of nitrogens with one attached hydrogen (secondary N) is 1. The second-order valence-corrected chi connectivity index (χ2v) is 7.74. The number of carbonyl (C=O) groups excluding carboxylic acids is 1. The van der Waals surface area contributed by atoms with Gasteiger partial charge < -0.3 is 15.1 Å². The number of amides is 2. The molecule has 138 valence electrons. The van der Waals surface area contributed by atoms with Crippen LogP contribution in [0.25, 0.3) is 0 Å². The largest absolute Gasteiger partial charge is 0.338 e. The standard InChI is InChI=1S/C20H32N4O/c1-17-8-13-23(14-9-17)15-18-5-4-12-24(16-18)20(25)22-11-7-19-6-2-3-10-21-19/h2-3,6,10,17-18H,4-5,7-9,11-16H2,1H3,(H,22,25)/t18-/m0/s1. The van der Waals surface area contributed by atoms with Gasteiger partial charge in [0.15, 0.2) is 0 Å². The SMILES string of the molecule is CC1CCN(C[C@@H]2CCCN(C(=O)NCCc3ccccn3)C2)CC1. The molecule has 3 rings (SSSR count). The summed E-state index contributed by atoms with van der Waals surface area (Å²) in [6.07, 6.45) is 7.62. The first-order valence-corrected chi connectivity index (χ1v) is 9.86. The topological polar surface area (TPSA) is 48.5 Å². The number of piperidine rings is 2. The number of hydrogen-bond acceptors (Lipinski definition) is 3. The summed E-state index contributed by atoms with van der Waals surface area (Å²) in [6.45, 7) is 8.42. The number of urea groups is 1. The molecule has 3 heterocycles. The van der Waals surface area contributed by atoms with Crippen LogP contribution in [0.5, 0.6) is 0 Å². The van der Waals surface area contributed by atoms with Crippen LogP contribution in [0.3, 0.4) is 0 Å². The monoisotopic (exact) mass is 344 g/mol. The van der Waals surface area contributed by atoms with Crippen LogP contribution in [0.2, 0.25) is 0 Å². The molecule has 2 fully saturated rings. The van der Waals surface area contributed by atoms with Gasteiger partial charge in [0.05, 0.1) is 0 Å². The maximum absolute atomic E-state index is 12.4. The summed E-state index contributed by atoms with van der Waals surface area (Å²) >= 11 is 0. The molecular weight excluding hydrogens is 312 g/mol. The van der Waals surface area contributed by atoms with E-state index in [2.05, 4.69) is 22.1 Å². The number of nitrogens with zero attached hydrogens (tertiary/aromatic N) is 3. The highest BCUT2D eigenvalue weighted by atomic mass is 16.2. The summed E-state index contributed by atoms with van der Waals surface area (Å²) in [5.74, 6) is 1.51. The van der Waals surface area contributed by atoms with Gasteiger partial charge in [-0.2, -0.15) is 0 Å². The van der Waals surface area contributed by atoms with E-state index in [0.29, 0.717) is 12.5 Å². The van der Waals surface area contributed by atoms with Crippen molar-refractivity contribution < 1.29 is 4.79 Å². The zero-order valence-electron chi connectivity index (χ0n) is 15.5. The van der Waals surface area contributed by atoms with E-state index in [1.54, 1.807) is 6.20 Å². The van der Waals surface area contributed by atoms with Crippen molar-refractivity contribution in [3.63, 3.8) is 0 Å². The maximum atomic E-state index is 12.4. The van der Waals surface area contributed by atoms with E-state index in [9.17, 15) is 4.79 Å². The Morgan fingerprint density at radius 1 is 1.24 bits per heavy atom. The lowest BCUT2D eigenvalue weighted by Crippen LogP contribution is -2.48. The maximum Gasteiger partial charge on any atom is 0.317 e. The summed E-state index contributed by atoms with van der Waals surface area (Å²) in [5.41, 5.74) is 1.03. The molecule has 2 aliphatic rings. The van der Waals surface area contributed by atoms with E-state index in [-0.39, 0.29) is 6.03 Å². The van der Waals surface area contributed by atoms with Crippen LogP contribution >= 0.6 is 0 Å². The van der Waals surface area contributed by atoms with Gasteiger partial charge in [0, 0.05) is 44.5 Å². The number of aromatic nitrogens is 1. The zero-order valence-corrected chi connectivity index (χ0v) is 15.5. The van der Waals surface area contributed by atoms with Gasteiger partial charge >= 0.3 is 6.03 Å². The van der Waals surface area contributed by atoms with Gasteiger partial charge in [0.2, 0.25) is 0 Å². The molecule has 0 aliphatic carbocycles. The Hall–Kier alpha value is -1.62. The highest BCUT2D eigenvalue weighted by Crippen LogP contribution is 2.21. The Balaban J connectivity index is 1.39. The third kappa shape index (κ3) is 5.70. The van der Waals surface area contributed by atoms with Crippen LogP contribution in [0.4, 0.5) is 4.79 Å². The summed E-state index contributed by atoms with van der Waals surface area (Å²) in [6, 6.07) is 6.00. The van der Waals surface area contributed by atoms with Crippen molar-refractivity contribution in [1.82, 2.24) is 20.1 Å². The van der Waals surface area contributed by atoms with Crippen molar-refractivity contribution in [3.05, 3.63) is 30.1 Å². The number of carbonyl (C=O) groups is 1.